The Balaban J connectivity index is 1.94. The van der Waals surface area contributed by atoms with E-state index in [1.165, 1.54) is 5.56 Å². The highest BCUT2D eigenvalue weighted by Gasteiger charge is 2.33. The van der Waals surface area contributed by atoms with Gasteiger partial charge in [-0.05, 0) is 38.2 Å². The smallest absolute Gasteiger partial charge is 0.240 e. The molecule has 1 saturated heterocycles. The largest absolute Gasteiger partial charge is 0.336 e. The Labute approximate surface area is 147 Å². The third kappa shape index (κ3) is 4.81. The van der Waals surface area contributed by atoms with E-state index in [-0.39, 0.29) is 17.9 Å². The lowest BCUT2D eigenvalue weighted by molar-refractivity contribution is -0.139. The van der Waals surface area contributed by atoms with E-state index in [1.807, 2.05) is 18.7 Å². The van der Waals surface area contributed by atoms with E-state index >= 15 is 0 Å². The number of benzene rings is 1. The molecular formula is C20H33N3O. The fraction of sp³-hybridized carbons (Fsp3) is 0.650. The summed E-state index contributed by atoms with van der Waals surface area (Å²) in [6.45, 7) is 11.3. The topological polar surface area (TPSA) is 49.6 Å². The molecule has 0 aliphatic carbocycles. The second-order valence-corrected chi connectivity index (χ2v) is 7.60. The predicted molar refractivity (Wildman–Crippen MR) is 99.5 cm³/mol. The van der Waals surface area contributed by atoms with Gasteiger partial charge in [-0.15, -0.1) is 0 Å². The van der Waals surface area contributed by atoms with Crippen LogP contribution in [0.1, 0.15) is 46.1 Å². The summed E-state index contributed by atoms with van der Waals surface area (Å²) in [5.74, 6) is 0.290. The van der Waals surface area contributed by atoms with Gasteiger partial charge in [0.15, 0.2) is 0 Å². The van der Waals surface area contributed by atoms with Crippen molar-refractivity contribution in [3.05, 3.63) is 35.9 Å². The standard InChI is InChI=1S/C20H33N3O/c1-15(2)19(21)20(24)23(16(3)4)18-10-12-22(13-11-18)14-17-8-6-5-7-9-17/h5-9,15-16,18-19H,10-14,21H2,1-4H3. The molecule has 2 rings (SSSR count). The molecule has 4 heteroatoms. The average molecular weight is 332 g/mol. The SMILES string of the molecule is CC(C)C(N)C(=O)N(C(C)C)C1CCN(Cc2ccccc2)CC1. The molecular weight excluding hydrogens is 298 g/mol. The van der Waals surface area contributed by atoms with Gasteiger partial charge in [0.25, 0.3) is 0 Å². The van der Waals surface area contributed by atoms with Crippen molar-refractivity contribution in [2.75, 3.05) is 13.1 Å². The molecule has 0 radical (unpaired) electrons. The molecule has 1 amide bonds. The number of rotatable bonds is 6. The van der Waals surface area contributed by atoms with Crippen molar-refractivity contribution in [3.63, 3.8) is 0 Å². The Bertz CT molecular complexity index is 507. The van der Waals surface area contributed by atoms with Crippen LogP contribution in [0.25, 0.3) is 0 Å². The number of nitrogens with zero attached hydrogens (tertiary/aromatic N) is 2. The Morgan fingerprint density at radius 3 is 2.25 bits per heavy atom. The Morgan fingerprint density at radius 2 is 1.75 bits per heavy atom. The number of carbonyl (C=O) groups is 1. The fourth-order valence-corrected chi connectivity index (χ4v) is 3.51. The quantitative estimate of drug-likeness (QED) is 0.872. The van der Waals surface area contributed by atoms with Gasteiger partial charge in [0.05, 0.1) is 6.04 Å². The molecule has 134 valence electrons. The molecule has 1 atom stereocenters. The van der Waals surface area contributed by atoms with E-state index in [1.54, 1.807) is 0 Å². The van der Waals surface area contributed by atoms with Crippen molar-refractivity contribution in [1.82, 2.24) is 9.80 Å². The van der Waals surface area contributed by atoms with Gasteiger partial charge in [-0.25, -0.2) is 0 Å². The van der Waals surface area contributed by atoms with Gasteiger partial charge in [0.1, 0.15) is 0 Å². The van der Waals surface area contributed by atoms with E-state index in [9.17, 15) is 4.79 Å². The molecule has 0 saturated carbocycles. The molecule has 24 heavy (non-hydrogen) atoms. The second kappa shape index (κ2) is 8.63. The first kappa shape index (κ1) is 18.9. The lowest BCUT2D eigenvalue weighted by atomic mass is 9.97. The lowest BCUT2D eigenvalue weighted by Gasteiger charge is -2.42. The fourth-order valence-electron chi connectivity index (χ4n) is 3.51. The lowest BCUT2D eigenvalue weighted by Crippen LogP contribution is -2.55. The Hall–Kier alpha value is -1.39. The minimum absolute atomic E-state index is 0.113. The number of amides is 1. The number of carbonyl (C=O) groups excluding carboxylic acids is 1. The van der Waals surface area contributed by atoms with E-state index in [4.69, 9.17) is 5.73 Å². The molecule has 0 spiro atoms. The van der Waals surface area contributed by atoms with Crippen LogP contribution in [-0.2, 0) is 11.3 Å². The van der Waals surface area contributed by atoms with Crippen LogP contribution in [0, 0.1) is 5.92 Å². The van der Waals surface area contributed by atoms with E-state index < -0.39 is 6.04 Å². The number of likely N-dealkylation sites (tertiary alicyclic amines) is 1. The summed E-state index contributed by atoms with van der Waals surface area (Å²) < 4.78 is 0. The minimum Gasteiger partial charge on any atom is -0.336 e. The maximum Gasteiger partial charge on any atom is 0.240 e. The first-order valence-electron chi connectivity index (χ1n) is 9.24. The zero-order chi connectivity index (χ0) is 17.7. The van der Waals surface area contributed by atoms with Gasteiger partial charge in [-0.3, -0.25) is 9.69 Å². The van der Waals surface area contributed by atoms with Crippen molar-refractivity contribution >= 4 is 5.91 Å². The molecule has 0 aromatic heterocycles. The van der Waals surface area contributed by atoms with Gasteiger partial charge in [-0.1, -0.05) is 44.2 Å². The molecule has 1 aliphatic rings. The molecule has 1 aliphatic heterocycles. The van der Waals surface area contributed by atoms with Crippen LogP contribution in [0.5, 0.6) is 0 Å². The highest BCUT2D eigenvalue weighted by molar-refractivity contribution is 5.82. The summed E-state index contributed by atoms with van der Waals surface area (Å²) in [6.07, 6.45) is 2.06. The van der Waals surface area contributed by atoms with Crippen LogP contribution in [0.15, 0.2) is 30.3 Å². The Kier molecular flexibility index (Phi) is 6.81. The maximum atomic E-state index is 12.8. The van der Waals surface area contributed by atoms with Gasteiger partial charge >= 0.3 is 0 Å². The highest BCUT2D eigenvalue weighted by atomic mass is 16.2. The third-order valence-electron chi connectivity index (χ3n) is 5.01. The molecule has 4 nitrogen and oxygen atoms in total. The summed E-state index contributed by atoms with van der Waals surface area (Å²) in [5.41, 5.74) is 7.49. The number of piperidine rings is 1. The van der Waals surface area contributed by atoms with Crippen molar-refractivity contribution < 1.29 is 4.79 Å². The van der Waals surface area contributed by atoms with Gasteiger partial charge in [-0.2, -0.15) is 0 Å². The van der Waals surface area contributed by atoms with Gasteiger partial charge in [0, 0.05) is 31.7 Å². The van der Waals surface area contributed by atoms with Crippen molar-refractivity contribution in [1.29, 1.82) is 0 Å². The minimum atomic E-state index is -0.394. The molecule has 1 aromatic rings. The molecule has 1 heterocycles. The summed E-state index contributed by atoms with van der Waals surface area (Å²) >= 11 is 0. The molecule has 1 aromatic carbocycles. The molecule has 2 N–H and O–H groups in total. The van der Waals surface area contributed by atoms with Crippen LogP contribution < -0.4 is 5.73 Å². The zero-order valence-corrected chi connectivity index (χ0v) is 15.6. The number of hydrogen-bond acceptors (Lipinski definition) is 3. The summed E-state index contributed by atoms with van der Waals surface area (Å²) in [4.78, 5) is 17.3. The first-order chi connectivity index (χ1) is 11.4. The first-order valence-corrected chi connectivity index (χ1v) is 9.24. The normalized spacial score (nSPS) is 18.1. The van der Waals surface area contributed by atoms with E-state index in [0.29, 0.717) is 6.04 Å². The van der Waals surface area contributed by atoms with Gasteiger partial charge < -0.3 is 10.6 Å². The van der Waals surface area contributed by atoms with Crippen LogP contribution >= 0.6 is 0 Å². The monoisotopic (exact) mass is 331 g/mol. The van der Waals surface area contributed by atoms with Crippen LogP contribution in [-0.4, -0.2) is 46.9 Å². The van der Waals surface area contributed by atoms with Crippen LogP contribution in [0.3, 0.4) is 0 Å². The number of hydrogen-bond donors (Lipinski definition) is 1. The summed E-state index contributed by atoms with van der Waals surface area (Å²) in [6, 6.07) is 10.7. The van der Waals surface area contributed by atoms with Crippen LogP contribution in [0.4, 0.5) is 0 Å². The van der Waals surface area contributed by atoms with E-state index in [2.05, 4.69) is 49.1 Å². The predicted octanol–water partition coefficient (Wildman–Crippen LogP) is 2.87. The third-order valence-corrected chi connectivity index (χ3v) is 5.01. The number of nitrogens with two attached hydrogens (primary N) is 1. The van der Waals surface area contributed by atoms with Crippen molar-refractivity contribution in [2.45, 2.75) is 65.2 Å². The van der Waals surface area contributed by atoms with E-state index in [0.717, 1.165) is 32.5 Å². The van der Waals surface area contributed by atoms with Crippen molar-refractivity contribution in [3.8, 4) is 0 Å². The summed E-state index contributed by atoms with van der Waals surface area (Å²) in [7, 11) is 0. The van der Waals surface area contributed by atoms with Gasteiger partial charge in [0.2, 0.25) is 5.91 Å². The molecule has 1 fully saturated rings. The van der Waals surface area contributed by atoms with Crippen molar-refractivity contribution in [2.24, 2.45) is 11.7 Å². The average Bonchev–Trinajstić information content (AvgIpc) is 2.56. The van der Waals surface area contributed by atoms with Crippen LogP contribution in [0.2, 0.25) is 0 Å². The zero-order valence-electron chi connectivity index (χ0n) is 15.6. The maximum absolute atomic E-state index is 12.8. The molecule has 1 unspecified atom stereocenters. The second-order valence-electron chi connectivity index (χ2n) is 7.60. The Morgan fingerprint density at radius 1 is 1.17 bits per heavy atom. The molecule has 0 bridgehead atoms. The highest BCUT2D eigenvalue weighted by Crippen LogP contribution is 2.22. The summed E-state index contributed by atoms with van der Waals surface area (Å²) in [5, 5.41) is 0.